The van der Waals surface area contributed by atoms with Crippen LogP contribution in [0.2, 0.25) is 0 Å². The minimum atomic E-state index is -3.76. The van der Waals surface area contributed by atoms with E-state index in [9.17, 15) is 13.2 Å². The zero-order chi connectivity index (χ0) is 19.4. The summed E-state index contributed by atoms with van der Waals surface area (Å²) in [7, 11) is -3.76. The summed E-state index contributed by atoms with van der Waals surface area (Å²) in [6.45, 7) is 3.71. The molecule has 7 nitrogen and oxygen atoms in total. The fourth-order valence-corrected chi connectivity index (χ4v) is 3.50. The Labute approximate surface area is 157 Å². The van der Waals surface area contributed by atoms with Gasteiger partial charge in [0.15, 0.2) is 0 Å². The number of aromatic nitrogens is 2. The molecule has 0 aliphatic carbocycles. The quantitative estimate of drug-likeness (QED) is 0.706. The number of aryl methyl sites for hydroxylation is 2. The minimum Gasteiger partial charge on any atom is -0.321 e. The third-order valence-electron chi connectivity index (χ3n) is 3.66. The van der Waals surface area contributed by atoms with Crippen molar-refractivity contribution in [3.63, 3.8) is 0 Å². The lowest BCUT2D eigenvalue weighted by molar-refractivity contribution is 0.102. The van der Waals surface area contributed by atoms with Gasteiger partial charge in [-0.05, 0) is 67.9 Å². The van der Waals surface area contributed by atoms with Crippen LogP contribution in [0.25, 0.3) is 0 Å². The van der Waals surface area contributed by atoms with E-state index in [-0.39, 0.29) is 16.6 Å². The summed E-state index contributed by atoms with van der Waals surface area (Å²) in [5, 5.41) is 2.71. The van der Waals surface area contributed by atoms with Crippen molar-refractivity contribution in [3.05, 3.63) is 77.7 Å². The van der Waals surface area contributed by atoms with Crippen LogP contribution in [0.5, 0.6) is 0 Å². The second-order valence-electron chi connectivity index (χ2n) is 5.97. The Hall–Kier alpha value is -3.26. The topological polar surface area (TPSA) is 101 Å². The number of nitrogens with zero attached hydrogens (tertiary/aromatic N) is 2. The van der Waals surface area contributed by atoms with Gasteiger partial charge in [-0.25, -0.2) is 18.4 Å². The summed E-state index contributed by atoms with van der Waals surface area (Å²) in [5.41, 5.74) is 2.47. The van der Waals surface area contributed by atoms with Crippen LogP contribution in [-0.4, -0.2) is 24.3 Å². The molecular weight excluding hydrogens is 364 g/mol. The lowest BCUT2D eigenvalue weighted by Crippen LogP contribution is -2.15. The molecule has 1 aromatic carbocycles. The fraction of sp³-hybridized carbons (Fsp3) is 0.105. The van der Waals surface area contributed by atoms with Crippen molar-refractivity contribution in [3.8, 4) is 0 Å². The number of benzene rings is 1. The standard InChI is InChI=1S/C19H18N4O3S/c1-13-11-14(2)21-17(12-13)19(24)22-15-6-8-16(9-7-15)27(25,26)23-18-5-3-4-10-20-18/h3-12H,1-2H3,(H,20,23)(H,22,24). The molecule has 0 unspecified atom stereocenters. The SMILES string of the molecule is Cc1cc(C)nc(C(=O)Nc2ccc(S(=O)(=O)Nc3ccccn3)cc2)c1. The van der Waals surface area contributed by atoms with E-state index in [1.54, 1.807) is 24.3 Å². The van der Waals surface area contributed by atoms with E-state index in [2.05, 4.69) is 20.0 Å². The maximum atomic E-state index is 12.4. The predicted octanol–water partition coefficient (Wildman–Crippen LogP) is 3.15. The van der Waals surface area contributed by atoms with Gasteiger partial charge in [-0.1, -0.05) is 6.07 Å². The van der Waals surface area contributed by atoms with E-state index >= 15 is 0 Å². The van der Waals surface area contributed by atoms with Crippen LogP contribution in [0.3, 0.4) is 0 Å². The summed E-state index contributed by atoms with van der Waals surface area (Å²) < 4.78 is 27.2. The number of carbonyl (C=O) groups is 1. The highest BCUT2D eigenvalue weighted by atomic mass is 32.2. The third kappa shape index (κ3) is 4.68. The molecule has 0 spiro atoms. The van der Waals surface area contributed by atoms with Crippen LogP contribution in [0, 0.1) is 13.8 Å². The van der Waals surface area contributed by atoms with Crippen molar-refractivity contribution in [2.24, 2.45) is 0 Å². The molecule has 3 aromatic rings. The molecule has 0 saturated heterocycles. The number of sulfonamides is 1. The lowest BCUT2D eigenvalue weighted by Gasteiger charge is -2.09. The van der Waals surface area contributed by atoms with Gasteiger partial charge in [0.2, 0.25) is 0 Å². The maximum Gasteiger partial charge on any atom is 0.274 e. The summed E-state index contributed by atoms with van der Waals surface area (Å²) in [6.07, 6.45) is 1.50. The van der Waals surface area contributed by atoms with Gasteiger partial charge in [0, 0.05) is 17.6 Å². The van der Waals surface area contributed by atoms with Crippen molar-refractivity contribution in [2.75, 3.05) is 10.0 Å². The van der Waals surface area contributed by atoms with E-state index < -0.39 is 10.0 Å². The Morgan fingerprint density at radius 3 is 2.37 bits per heavy atom. The number of carbonyl (C=O) groups excluding carboxylic acids is 1. The molecule has 138 valence electrons. The molecule has 0 saturated carbocycles. The molecule has 2 heterocycles. The van der Waals surface area contributed by atoms with Crippen LogP contribution < -0.4 is 10.0 Å². The van der Waals surface area contributed by atoms with Gasteiger partial charge in [-0.2, -0.15) is 0 Å². The number of hydrogen-bond donors (Lipinski definition) is 2. The summed E-state index contributed by atoms with van der Waals surface area (Å²) in [4.78, 5) is 20.5. The zero-order valence-electron chi connectivity index (χ0n) is 14.8. The Bertz CT molecular complexity index is 1050. The van der Waals surface area contributed by atoms with Gasteiger partial charge in [0.05, 0.1) is 4.90 Å². The Morgan fingerprint density at radius 2 is 1.74 bits per heavy atom. The first kappa shape index (κ1) is 18.5. The fourth-order valence-electron chi connectivity index (χ4n) is 2.49. The molecule has 2 aromatic heterocycles. The van der Waals surface area contributed by atoms with Crippen molar-refractivity contribution in [1.29, 1.82) is 0 Å². The van der Waals surface area contributed by atoms with Crippen LogP contribution in [0.1, 0.15) is 21.7 Å². The molecule has 2 N–H and O–H groups in total. The third-order valence-corrected chi connectivity index (χ3v) is 5.03. The second kappa shape index (κ2) is 7.55. The molecule has 0 fully saturated rings. The van der Waals surface area contributed by atoms with Gasteiger partial charge in [0.25, 0.3) is 15.9 Å². The predicted molar refractivity (Wildman–Crippen MR) is 103 cm³/mol. The molecule has 8 heteroatoms. The smallest absolute Gasteiger partial charge is 0.274 e. The second-order valence-corrected chi connectivity index (χ2v) is 7.65. The van der Waals surface area contributed by atoms with Crippen molar-refractivity contribution < 1.29 is 13.2 Å². The molecule has 27 heavy (non-hydrogen) atoms. The molecule has 1 amide bonds. The Balaban J connectivity index is 1.74. The average molecular weight is 382 g/mol. The Morgan fingerprint density at radius 1 is 1.00 bits per heavy atom. The van der Waals surface area contributed by atoms with E-state index in [1.165, 1.54) is 30.5 Å². The van der Waals surface area contributed by atoms with E-state index in [0.717, 1.165) is 11.3 Å². The number of nitrogens with one attached hydrogen (secondary N) is 2. The number of rotatable bonds is 5. The van der Waals surface area contributed by atoms with Gasteiger partial charge >= 0.3 is 0 Å². The highest BCUT2D eigenvalue weighted by Gasteiger charge is 2.15. The zero-order valence-corrected chi connectivity index (χ0v) is 15.6. The number of hydrogen-bond acceptors (Lipinski definition) is 5. The normalized spacial score (nSPS) is 11.0. The lowest BCUT2D eigenvalue weighted by atomic mass is 10.2. The van der Waals surface area contributed by atoms with Gasteiger partial charge in [-0.15, -0.1) is 0 Å². The first-order valence-electron chi connectivity index (χ1n) is 8.14. The van der Waals surface area contributed by atoms with E-state index in [1.807, 2.05) is 19.9 Å². The van der Waals surface area contributed by atoms with Crippen LogP contribution in [0.4, 0.5) is 11.5 Å². The first-order valence-corrected chi connectivity index (χ1v) is 9.62. The Kier molecular flexibility index (Phi) is 5.18. The molecule has 0 atom stereocenters. The van der Waals surface area contributed by atoms with E-state index in [0.29, 0.717) is 11.4 Å². The number of amides is 1. The molecule has 0 aliphatic heterocycles. The summed E-state index contributed by atoms with van der Waals surface area (Å²) >= 11 is 0. The van der Waals surface area contributed by atoms with Crippen LogP contribution in [-0.2, 0) is 10.0 Å². The first-order chi connectivity index (χ1) is 12.8. The maximum absolute atomic E-state index is 12.4. The molecule has 0 bridgehead atoms. The van der Waals surface area contributed by atoms with Crippen LogP contribution in [0.15, 0.2) is 65.7 Å². The highest BCUT2D eigenvalue weighted by molar-refractivity contribution is 7.92. The van der Waals surface area contributed by atoms with Crippen molar-refractivity contribution >= 4 is 27.4 Å². The van der Waals surface area contributed by atoms with Crippen LogP contribution >= 0.6 is 0 Å². The molecule has 0 radical (unpaired) electrons. The largest absolute Gasteiger partial charge is 0.321 e. The molecular formula is C19H18N4O3S. The average Bonchev–Trinajstić information content (AvgIpc) is 2.62. The highest BCUT2D eigenvalue weighted by Crippen LogP contribution is 2.17. The molecule has 0 aliphatic rings. The minimum absolute atomic E-state index is 0.0654. The van der Waals surface area contributed by atoms with Crippen molar-refractivity contribution in [1.82, 2.24) is 9.97 Å². The van der Waals surface area contributed by atoms with E-state index in [4.69, 9.17) is 0 Å². The van der Waals surface area contributed by atoms with Gasteiger partial charge in [-0.3, -0.25) is 9.52 Å². The summed E-state index contributed by atoms with van der Waals surface area (Å²) in [5.74, 6) is -0.125. The summed E-state index contributed by atoms with van der Waals surface area (Å²) in [6, 6.07) is 14.4. The number of anilines is 2. The monoisotopic (exact) mass is 382 g/mol. The van der Waals surface area contributed by atoms with Gasteiger partial charge < -0.3 is 5.32 Å². The number of pyridine rings is 2. The van der Waals surface area contributed by atoms with Crippen molar-refractivity contribution in [2.45, 2.75) is 18.7 Å². The van der Waals surface area contributed by atoms with Gasteiger partial charge in [0.1, 0.15) is 11.5 Å². The molecule has 3 rings (SSSR count).